The quantitative estimate of drug-likeness (QED) is 0.0486. The van der Waals surface area contributed by atoms with Crippen LogP contribution in [-0.2, 0) is 9.47 Å². The number of hydrogen-bond acceptors (Lipinski definition) is 5. The number of aliphatic hydroxyl groups is 1. The van der Waals surface area contributed by atoms with Crippen LogP contribution < -0.4 is 0 Å². The van der Waals surface area contributed by atoms with Crippen molar-refractivity contribution in [2.45, 2.75) is 400 Å². The van der Waals surface area contributed by atoms with Crippen molar-refractivity contribution in [3.05, 3.63) is 0 Å². The summed E-state index contributed by atoms with van der Waals surface area (Å²) in [6, 6.07) is 0.719. The lowest BCUT2D eigenvalue weighted by Crippen LogP contribution is -2.26. The SMILES string of the molecule is CCCCCCCCCCCCCCCCCCCC(CCCCCCCC(CC)N(C)C)OC(=O)OCCC.CCCCCCCCCCCCCCCCCCCC(O)CCCCCCCCCC. The van der Waals surface area contributed by atoms with E-state index >= 15 is 0 Å². The minimum Gasteiger partial charge on any atom is -0.434 e. The van der Waals surface area contributed by atoms with E-state index in [1.807, 2.05) is 6.92 Å². The van der Waals surface area contributed by atoms with E-state index < -0.39 is 6.16 Å². The molecule has 5 heteroatoms. The van der Waals surface area contributed by atoms with E-state index in [1.54, 1.807) is 0 Å². The van der Waals surface area contributed by atoms with E-state index in [0.29, 0.717) is 6.61 Å². The highest BCUT2D eigenvalue weighted by Crippen LogP contribution is 2.21. The molecule has 428 valence electrons. The van der Waals surface area contributed by atoms with Gasteiger partial charge in [-0.25, -0.2) is 4.79 Å². The fraction of sp³-hybridized carbons (Fsp3) is 0.985. The van der Waals surface area contributed by atoms with Gasteiger partial charge in [0, 0.05) is 6.04 Å². The molecule has 0 rings (SSSR count). The zero-order valence-corrected chi connectivity index (χ0v) is 50.2. The van der Waals surface area contributed by atoms with E-state index in [9.17, 15) is 9.90 Å². The van der Waals surface area contributed by atoms with E-state index in [1.165, 1.54) is 302 Å². The molecular weight excluding hydrogens is 871 g/mol. The zero-order valence-electron chi connectivity index (χ0n) is 50.2. The molecule has 0 aromatic carbocycles. The van der Waals surface area contributed by atoms with Crippen molar-refractivity contribution >= 4 is 6.16 Å². The van der Waals surface area contributed by atoms with Gasteiger partial charge >= 0.3 is 6.16 Å². The molecule has 0 aromatic rings. The number of unbranched alkanes of at least 4 members (excludes halogenated alkanes) is 43. The number of ether oxygens (including phenoxy) is 2. The van der Waals surface area contributed by atoms with Gasteiger partial charge in [0.15, 0.2) is 0 Å². The molecule has 0 fully saturated rings. The molecular formula is C66H135NO4. The third kappa shape index (κ3) is 61.6. The van der Waals surface area contributed by atoms with Gasteiger partial charge in [-0.05, 0) is 71.9 Å². The van der Waals surface area contributed by atoms with Gasteiger partial charge in [-0.15, -0.1) is 0 Å². The largest absolute Gasteiger partial charge is 0.508 e. The van der Waals surface area contributed by atoms with Crippen molar-refractivity contribution < 1.29 is 19.4 Å². The van der Waals surface area contributed by atoms with Gasteiger partial charge in [0.1, 0.15) is 6.10 Å². The zero-order chi connectivity index (χ0) is 52.2. The van der Waals surface area contributed by atoms with Crippen LogP contribution in [0.4, 0.5) is 4.79 Å². The molecule has 0 aromatic heterocycles. The van der Waals surface area contributed by atoms with Crippen molar-refractivity contribution in [1.82, 2.24) is 4.90 Å². The van der Waals surface area contributed by atoms with E-state index in [4.69, 9.17) is 9.47 Å². The molecule has 0 heterocycles. The Bertz CT molecular complexity index is 958. The molecule has 0 amide bonds. The minimum atomic E-state index is -0.465. The highest BCUT2D eigenvalue weighted by molar-refractivity contribution is 5.60. The van der Waals surface area contributed by atoms with Crippen molar-refractivity contribution in [1.29, 1.82) is 0 Å². The maximum atomic E-state index is 12.1. The summed E-state index contributed by atoms with van der Waals surface area (Å²) in [5.74, 6) is 0. The Morgan fingerprint density at radius 1 is 0.338 bits per heavy atom. The maximum absolute atomic E-state index is 12.1. The molecule has 0 aliphatic heterocycles. The standard InChI is InChI=1S/C36H73NO3.C30H62O/c1-6-9-10-11-12-13-14-15-16-17-18-19-20-21-22-25-28-31-35(40-36(38)39-33-7-2)32-29-26-23-24-27-30-34(8-3)37(4)5;1-3-5-7-9-11-13-14-15-16-17-18-19-20-21-23-25-27-29-30(31)28-26-24-22-12-10-8-6-4-2/h34-35H,6-33H2,1-5H3;30-31H,3-29H2,1-2H3. The van der Waals surface area contributed by atoms with Gasteiger partial charge in [0.2, 0.25) is 0 Å². The Morgan fingerprint density at radius 3 is 0.817 bits per heavy atom. The first kappa shape index (κ1) is 72.3. The van der Waals surface area contributed by atoms with Crippen molar-refractivity contribution in [2.24, 2.45) is 0 Å². The number of rotatable bonds is 58. The van der Waals surface area contributed by atoms with Gasteiger partial charge in [-0.2, -0.15) is 0 Å². The summed E-state index contributed by atoms with van der Waals surface area (Å²) >= 11 is 0. The number of hydrogen-bond donors (Lipinski definition) is 1. The van der Waals surface area contributed by atoms with Gasteiger partial charge in [0.25, 0.3) is 0 Å². The van der Waals surface area contributed by atoms with Crippen LogP contribution >= 0.6 is 0 Å². The normalized spacial score (nSPS) is 12.8. The summed E-state index contributed by atoms with van der Waals surface area (Å²) in [4.78, 5) is 14.4. The van der Waals surface area contributed by atoms with E-state index in [2.05, 4.69) is 46.7 Å². The molecule has 3 atom stereocenters. The van der Waals surface area contributed by atoms with Gasteiger partial charge in [-0.3, -0.25) is 0 Å². The molecule has 0 aliphatic carbocycles. The number of aliphatic hydroxyl groups excluding tert-OH is 1. The summed E-state index contributed by atoms with van der Waals surface area (Å²) in [6.07, 6.45) is 71.9. The van der Waals surface area contributed by atoms with Gasteiger partial charge < -0.3 is 19.5 Å². The van der Waals surface area contributed by atoms with Crippen LogP contribution in [0.1, 0.15) is 381 Å². The van der Waals surface area contributed by atoms with E-state index in [-0.39, 0.29) is 12.2 Å². The Kier molecular flexibility index (Phi) is 64.6. The Hall–Kier alpha value is -0.810. The smallest absolute Gasteiger partial charge is 0.434 e. The molecule has 0 saturated heterocycles. The molecule has 71 heavy (non-hydrogen) atoms. The summed E-state index contributed by atoms with van der Waals surface area (Å²) in [7, 11) is 4.39. The van der Waals surface area contributed by atoms with Crippen molar-refractivity contribution in [3.8, 4) is 0 Å². The molecule has 3 unspecified atom stereocenters. The predicted molar refractivity (Wildman–Crippen MR) is 317 cm³/mol. The Morgan fingerprint density at radius 2 is 0.577 bits per heavy atom. The summed E-state index contributed by atoms with van der Waals surface area (Å²) in [5.41, 5.74) is 0. The second kappa shape index (κ2) is 63.5. The molecule has 0 spiro atoms. The highest BCUT2D eigenvalue weighted by atomic mass is 16.7. The average molecular weight is 1010 g/mol. The Labute approximate surface area is 448 Å². The summed E-state index contributed by atoms with van der Waals surface area (Å²) < 4.78 is 10.9. The third-order valence-electron chi connectivity index (χ3n) is 15.6. The fourth-order valence-corrected chi connectivity index (χ4v) is 10.6. The number of carbonyl (C=O) groups excluding carboxylic acids is 1. The molecule has 0 radical (unpaired) electrons. The average Bonchev–Trinajstić information content (AvgIpc) is 3.36. The number of carbonyl (C=O) groups is 1. The van der Waals surface area contributed by atoms with Crippen LogP contribution in [-0.4, -0.2) is 55.1 Å². The second-order valence-corrected chi connectivity index (χ2v) is 23.0. The number of nitrogens with zero attached hydrogens (tertiary/aromatic N) is 1. The topological polar surface area (TPSA) is 59.0 Å². The summed E-state index contributed by atoms with van der Waals surface area (Å²) in [5, 5.41) is 10.1. The maximum Gasteiger partial charge on any atom is 0.508 e. The van der Waals surface area contributed by atoms with Gasteiger partial charge in [0.05, 0.1) is 12.7 Å². The van der Waals surface area contributed by atoms with Crippen molar-refractivity contribution in [2.75, 3.05) is 20.7 Å². The van der Waals surface area contributed by atoms with Crippen LogP contribution in [0, 0.1) is 0 Å². The van der Waals surface area contributed by atoms with Crippen molar-refractivity contribution in [3.63, 3.8) is 0 Å². The van der Waals surface area contributed by atoms with Crippen LogP contribution in [0.5, 0.6) is 0 Å². The van der Waals surface area contributed by atoms with Crippen LogP contribution in [0.15, 0.2) is 0 Å². The van der Waals surface area contributed by atoms with Gasteiger partial charge in [-0.1, -0.05) is 324 Å². The molecule has 5 nitrogen and oxygen atoms in total. The molecule has 0 bridgehead atoms. The fourth-order valence-electron chi connectivity index (χ4n) is 10.6. The lowest BCUT2D eigenvalue weighted by atomic mass is 10.0. The Balaban J connectivity index is 0. The molecule has 1 N–H and O–H groups in total. The lowest BCUT2D eigenvalue weighted by molar-refractivity contribution is 0.0163. The van der Waals surface area contributed by atoms with Crippen LogP contribution in [0.2, 0.25) is 0 Å². The lowest BCUT2D eigenvalue weighted by Gasteiger charge is -2.22. The first-order chi connectivity index (χ1) is 34.9. The summed E-state index contributed by atoms with van der Waals surface area (Å²) in [6.45, 7) is 11.6. The highest BCUT2D eigenvalue weighted by Gasteiger charge is 2.15. The monoisotopic (exact) mass is 1010 g/mol. The van der Waals surface area contributed by atoms with E-state index in [0.717, 1.165) is 51.0 Å². The van der Waals surface area contributed by atoms with Crippen LogP contribution in [0.3, 0.4) is 0 Å². The minimum absolute atomic E-state index is 0.0268. The molecule has 0 saturated carbocycles. The first-order valence-corrected chi connectivity index (χ1v) is 33.0. The molecule has 0 aliphatic rings. The first-order valence-electron chi connectivity index (χ1n) is 33.0. The second-order valence-electron chi connectivity index (χ2n) is 23.0. The van der Waals surface area contributed by atoms with Crippen LogP contribution in [0.25, 0.3) is 0 Å². The predicted octanol–water partition coefficient (Wildman–Crippen LogP) is 23.0. The third-order valence-corrected chi connectivity index (χ3v) is 15.6.